The van der Waals surface area contributed by atoms with Gasteiger partial charge in [-0.25, -0.2) is 4.98 Å². The Labute approximate surface area is 137 Å². The van der Waals surface area contributed by atoms with Crippen LogP contribution in [0, 0.1) is 6.92 Å². The van der Waals surface area contributed by atoms with Crippen molar-refractivity contribution in [3.63, 3.8) is 0 Å². The average Bonchev–Trinajstić information content (AvgIpc) is 2.53. The number of ether oxygens (including phenoxy) is 1. The van der Waals surface area contributed by atoms with E-state index in [-0.39, 0.29) is 6.10 Å². The Hall–Kier alpha value is -1.98. The molecule has 1 fully saturated rings. The van der Waals surface area contributed by atoms with Crippen molar-refractivity contribution in [3.8, 4) is 0 Å². The molecule has 0 spiro atoms. The summed E-state index contributed by atoms with van der Waals surface area (Å²) >= 11 is 0. The Bertz CT molecular complexity index is 646. The second kappa shape index (κ2) is 7.53. The Morgan fingerprint density at radius 2 is 2.26 bits per heavy atom. The van der Waals surface area contributed by atoms with Crippen LogP contribution in [-0.4, -0.2) is 40.7 Å². The third-order valence-electron chi connectivity index (χ3n) is 4.15. The summed E-state index contributed by atoms with van der Waals surface area (Å²) in [6, 6.07) is 10.2. The molecule has 1 saturated heterocycles. The van der Waals surface area contributed by atoms with Crippen LogP contribution in [0.15, 0.2) is 36.5 Å². The van der Waals surface area contributed by atoms with Crippen molar-refractivity contribution in [2.24, 2.45) is 0 Å². The highest BCUT2D eigenvalue weighted by molar-refractivity contribution is 5.31. The third kappa shape index (κ3) is 4.74. The van der Waals surface area contributed by atoms with Crippen molar-refractivity contribution in [1.82, 2.24) is 14.9 Å². The van der Waals surface area contributed by atoms with Gasteiger partial charge in [0.25, 0.3) is 0 Å². The van der Waals surface area contributed by atoms with Crippen molar-refractivity contribution >= 4 is 5.82 Å². The molecule has 0 aromatic carbocycles. The molecular formula is C18H24N4O. The van der Waals surface area contributed by atoms with Gasteiger partial charge in [-0.3, -0.25) is 9.88 Å². The molecule has 1 atom stereocenters. The van der Waals surface area contributed by atoms with E-state index in [0.717, 1.165) is 50.5 Å². The van der Waals surface area contributed by atoms with Crippen LogP contribution in [0.4, 0.5) is 5.82 Å². The zero-order valence-electron chi connectivity index (χ0n) is 13.6. The lowest BCUT2D eigenvalue weighted by atomic mass is 10.1. The summed E-state index contributed by atoms with van der Waals surface area (Å²) in [5.41, 5.74) is 9.15. The molecule has 2 N–H and O–H groups in total. The number of aromatic nitrogens is 2. The number of aryl methyl sites for hydroxylation is 2. The van der Waals surface area contributed by atoms with Crippen LogP contribution < -0.4 is 5.73 Å². The van der Waals surface area contributed by atoms with Gasteiger partial charge in [0.2, 0.25) is 0 Å². The fraction of sp³-hybridized carbons (Fsp3) is 0.444. The third-order valence-corrected chi connectivity index (χ3v) is 4.15. The number of anilines is 1. The minimum absolute atomic E-state index is 0.267. The predicted molar refractivity (Wildman–Crippen MR) is 91.0 cm³/mol. The highest BCUT2D eigenvalue weighted by Crippen LogP contribution is 2.15. The van der Waals surface area contributed by atoms with E-state index in [0.29, 0.717) is 5.82 Å². The molecule has 0 amide bonds. The van der Waals surface area contributed by atoms with E-state index in [4.69, 9.17) is 10.5 Å². The minimum atomic E-state index is 0.267. The van der Waals surface area contributed by atoms with Crippen LogP contribution in [-0.2, 0) is 17.7 Å². The smallest absolute Gasteiger partial charge is 0.123 e. The van der Waals surface area contributed by atoms with Crippen LogP contribution in [0.25, 0.3) is 0 Å². The van der Waals surface area contributed by atoms with Crippen LogP contribution in [0.1, 0.15) is 23.4 Å². The minimum Gasteiger partial charge on any atom is -0.384 e. The second-order valence-corrected chi connectivity index (χ2v) is 6.13. The highest BCUT2D eigenvalue weighted by atomic mass is 16.5. The second-order valence-electron chi connectivity index (χ2n) is 6.13. The number of hydrogen-bond acceptors (Lipinski definition) is 5. The summed E-state index contributed by atoms with van der Waals surface area (Å²) in [6.07, 6.45) is 4.00. The van der Waals surface area contributed by atoms with Crippen molar-refractivity contribution in [1.29, 1.82) is 0 Å². The molecule has 0 radical (unpaired) electrons. The standard InChI is InChI=1S/C18H24N4O/c1-14-3-2-4-16(21-14)12-22-9-10-23-17(13-22)6-5-15-7-8-20-18(19)11-15/h2-4,7-8,11,17H,5-6,9-10,12-13H2,1H3,(H2,19,20). The number of pyridine rings is 2. The van der Waals surface area contributed by atoms with Crippen molar-refractivity contribution in [3.05, 3.63) is 53.5 Å². The normalized spacial score (nSPS) is 18.9. The van der Waals surface area contributed by atoms with E-state index >= 15 is 0 Å². The maximum atomic E-state index is 5.91. The summed E-state index contributed by atoms with van der Waals surface area (Å²) in [6.45, 7) is 5.63. The van der Waals surface area contributed by atoms with E-state index in [1.807, 2.05) is 25.1 Å². The zero-order valence-corrected chi connectivity index (χ0v) is 13.6. The van der Waals surface area contributed by atoms with Crippen LogP contribution in [0.5, 0.6) is 0 Å². The molecule has 23 heavy (non-hydrogen) atoms. The van der Waals surface area contributed by atoms with E-state index in [1.54, 1.807) is 6.20 Å². The Morgan fingerprint density at radius 3 is 3.09 bits per heavy atom. The molecule has 0 bridgehead atoms. The molecule has 1 unspecified atom stereocenters. The molecule has 5 heteroatoms. The molecule has 3 rings (SSSR count). The zero-order chi connectivity index (χ0) is 16.1. The van der Waals surface area contributed by atoms with Gasteiger partial charge in [-0.1, -0.05) is 6.07 Å². The summed E-state index contributed by atoms with van der Waals surface area (Å²) < 4.78 is 5.91. The topological polar surface area (TPSA) is 64.3 Å². The van der Waals surface area contributed by atoms with Crippen LogP contribution >= 0.6 is 0 Å². The van der Waals surface area contributed by atoms with Crippen molar-refractivity contribution in [2.75, 3.05) is 25.4 Å². The SMILES string of the molecule is Cc1cccc(CN2CCOC(CCc3ccnc(N)c3)C2)n1. The fourth-order valence-corrected chi connectivity index (χ4v) is 2.99. The molecule has 5 nitrogen and oxygen atoms in total. The Balaban J connectivity index is 1.52. The highest BCUT2D eigenvalue weighted by Gasteiger charge is 2.20. The molecule has 3 heterocycles. The molecule has 122 valence electrons. The van der Waals surface area contributed by atoms with Gasteiger partial charge in [0.05, 0.1) is 18.4 Å². The summed E-state index contributed by atoms with van der Waals surface area (Å²) in [5.74, 6) is 0.583. The maximum Gasteiger partial charge on any atom is 0.123 e. The van der Waals surface area contributed by atoms with Gasteiger partial charge in [0.15, 0.2) is 0 Å². The fourth-order valence-electron chi connectivity index (χ4n) is 2.99. The first kappa shape index (κ1) is 15.9. The molecular weight excluding hydrogens is 288 g/mol. The first-order valence-electron chi connectivity index (χ1n) is 8.16. The lowest BCUT2D eigenvalue weighted by Gasteiger charge is -2.32. The summed E-state index contributed by atoms with van der Waals surface area (Å²) in [4.78, 5) is 11.1. The average molecular weight is 312 g/mol. The van der Waals surface area contributed by atoms with Gasteiger partial charge >= 0.3 is 0 Å². The van der Waals surface area contributed by atoms with Crippen molar-refractivity contribution < 1.29 is 4.74 Å². The number of nitrogen functional groups attached to an aromatic ring is 1. The maximum absolute atomic E-state index is 5.91. The molecule has 1 aliphatic rings. The van der Waals surface area contributed by atoms with Gasteiger partial charge in [0, 0.05) is 31.5 Å². The molecule has 2 aromatic rings. The molecule has 2 aromatic heterocycles. The first-order chi connectivity index (χ1) is 11.2. The van der Waals surface area contributed by atoms with Gasteiger partial charge in [-0.15, -0.1) is 0 Å². The van der Waals surface area contributed by atoms with Crippen LogP contribution in [0.3, 0.4) is 0 Å². The van der Waals surface area contributed by atoms with Crippen LogP contribution in [0.2, 0.25) is 0 Å². The first-order valence-corrected chi connectivity index (χ1v) is 8.16. The van der Waals surface area contributed by atoms with Gasteiger partial charge in [-0.2, -0.15) is 0 Å². The van der Waals surface area contributed by atoms with E-state index in [2.05, 4.69) is 27.0 Å². The van der Waals surface area contributed by atoms with Gasteiger partial charge in [0.1, 0.15) is 5.82 Å². The van der Waals surface area contributed by atoms with Crippen molar-refractivity contribution in [2.45, 2.75) is 32.4 Å². The van der Waals surface area contributed by atoms with E-state index < -0.39 is 0 Å². The number of rotatable bonds is 5. The summed E-state index contributed by atoms with van der Waals surface area (Å²) in [5, 5.41) is 0. The lowest BCUT2D eigenvalue weighted by molar-refractivity contribution is -0.0349. The Morgan fingerprint density at radius 1 is 1.35 bits per heavy atom. The molecule has 1 aliphatic heterocycles. The quantitative estimate of drug-likeness (QED) is 0.917. The van der Waals surface area contributed by atoms with E-state index in [1.165, 1.54) is 5.56 Å². The predicted octanol–water partition coefficient (Wildman–Crippen LogP) is 2.20. The largest absolute Gasteiger partial charge is 0.384 e. The van der Waals surface area contributed by atoms with Gasteiger partial charge < -0.3 is 10.5 Å². The molecule has 0 saturated carbocycles. The number of nitrogens with two attached hydrogens (primary N) is 1. The monoisotopic (exact) mass is 312 g/mol. The van der Waals surface area contributed by atoms with E-state index in [9.17, 15) is 0 Å². The molecule has 0 aliphatic carbocycles. The summed E-state index contributed by atoms with van der Waals surface area (Å²) in [7, 11) is 0. The van der Waals surface area contributed by atoms with Gasteiger partial charge in [-0.05, 0) is 49.6 Å². The number of nitrogens with zero attached hydrogens (tertiary/aromatic N) is 3. The number of hydrogen-bond donors (Lipinski definition) is 1. The Kier molecular flexibility index (Phi) is 5.20. The number of morpholine rings is 1. The lowest BCUT2D eigenvalue weighted by Crippen LogP contribution is -2.42.